The van der Waals surface area contributed by atoms with Crippen LogP contribution < -0.4 is 10.1 Å². The van der Waals surface area contributed by atoms with Crippen LogP contribution in [-0.2, 0) is 20.2 Å². The number of nitrogens with one attached hydrogen (secondary N) is 1. The van der Waals surface area contributed by atoms with Crippen molar-refractivity contribution in [1.29, 1.82) is 0 Å². The molecule has 1 rings (SSSR count). The zero-order chi connectivity index (χ0) is 20.7. The summed E-state index contributed by atoms with van der Waals surface area (Å²) in [5.74, 6) is -0.739. The molecule has 0 amide bonds. The van der Waals surface area contributed by atoms with E-state index in [-0.39, 0.29) is 32.5 Å². The highest BCUT2D eigenvalue weighted by Gasteiger charge is 2.37. The molecule has 3 N–H and O–H groups in total. The predicted molar refractivity (Wildman–Crippen MR) is 86.8 cm³/mol. The molecule has 0 unspecified atom stereocenters. The third-order valence-electron chi connectivity index (χ3n) is 2.99. The second kappa shape index (κ2) is 9.85. The number of nitrogens with zero attached hydrogens (tertiary/aromatic N) is 1. The van der Waals surface area contributed by atoms with Gasteiger partial charge in [-0.1, -0.05) is 0 Å². The molecule has 1 aromatic rings. The first-order valence-corrected chi connectivity index (χ1v) is 9.13. The van der Waals surface area contributed by atoms with Crippen molar-refractivity contribution in [3.63, 3.8) is 0 Å². The summed E-state index contributed by atoms with van der Waals surface area (Å²) < 4.78 is 65.2. The second-order valence-corrected chi connectivity index (χ2v) is 6.72. The second-order valence-electron chi connectivity index (χ2n) is 5.07. The first kappa shape index (κ1) is 23.1. The van der Waals surface area contributed by atoms with Gasteiger partial charge < -0.3 is 29.3 Å². The van der Waals surface area contributed by atoms with E-state index in [1.807, 2.05) is 0 Å². The van der Waals surface area contributed by atoms with Gasteiger partial charge in [0.15, 0.2) is 0 Å². The molecule has 0 saturated heterocycles. The van der Waals surface area contributed by atoms with Crippen molar-refractivity contribution in [2.45, 2.75) is 6.18 Å². The van der Waals surface area contributed by atoms with Crippen molar-refractivity contribution < 1.29 is 46.7 Å². The Morgan fingerprint density at radius 3 is 2.37 bits per heavy atom. The Kier molecular flexibility index (Phi) is 8.44. The Balaban J connectivity index is 3.09. The molecule has 0 atom stereocenters. The van der Waals surface area contributed by atoms with Gasteiger partial charge >= 0.3 is 13.8 Å². The van der Waals surface area contributed by atoms with Gasteiger partial charge in [-0.3, -0.25) is 14.7 Å². The normalized spacial score (nSPS) is 12.1. The molecular formula is C13H18F3N2O8P. The van der Waals surface area contributed by atoms with Gasteiger partial charge in [0.05, 0.1) is 24.7 Å². The minimum atomic E-state index is -4.95. The van der Waals surface area contributed by atoms with E-state index in [2.05, 4.69) is 5.32 Å². The maximum atomic E-state index is 13.2. The lowest BCUT2D eigenvalue weighted by molar-refractivity contribution is -0.384. The van der Waals surface area contributed by atoms with Crippen LogP contribution in [0.5, 0.6) is 5.75 Å². The smallest absolute Gasteiger partial charge is 0.420 e. The fraction of sp³-hybridized carbons (Fsp3) is 0.538. The van der Waals surface area contributed by atoms with Crippen molar-refractivity contribution in [3.8, 4) is 5.75 Å². The Hall–Kier alpha value is -1.92. The monoisotopic (exact) mass is 418 g/mol. The summed E-state index contributed by atoms with van der Waals surface area (Å²) in [4.78, 5) is 27.6. The van der Waals surface area contributed by atoms with Gasteiger partial charge in [0.2, 0.25) is 0 Å². The molecule has 14 heteroatoms. The van der Waals surface area contributed by atoms with Crippen LogP contribution in [0, 0.1) is 10.1 Å². The molecule has 1 aromatic carbocycles. The number of anilines is 1. The van der Waals surface area contributed by atoms with Gasteiger partial charge in [-0.25, -0.2) is 0 Å². The van der Waals surface area contributed by atoms with E-state index in [0.717, 1.165) is 0 Å². The van der Waals surface area contributed by atoms with E-state index in [4.69, 9.17) is 24.0 Å². The maximum Gasteiger partial charge on any atom is 0.420 e. The molecule has 0 aliphatic carbocycles. The van der Waals surface area contributed by atoms with E-state index < -0.39 is 47.7 Å². The van der Waals surface area contributed by atoms with Crippen LogP contribution in [0.3, 0.4) is 0 Å². The minimum absolute atomic E-state index is 0.0666. The number of ether oxygens (including phenoxy) is 3. The number of hydrogen-bond donors (Lipinski definition) is 3. The fourth-order valence-electron chi connectivity index (χ4n) is 1.85. The van der Waals surface area contributed by atoms with Crippen molar-refractivity contribution in [3.05, 3.63) is 27.8 Å². The van der Waals surface area contributed by atoms with Crippen LogP contribution in [0.25, 0.3) is 0 Å². The predicted octanol–water partition coefficient (Wildman–Crippen LogP) is 2.20. The first-order valence-electron chi connectivity index (χ1n) is 7.33. The Morgan fingerprint density at radius 2 is 1.85 bits per heavy atom. The lowest BCUT2D eigenvalue weighted by Crippen LogP contribution is -2.15. The van der Waals surface area contributed by atoms with Gasteiger partial charge in [-0.2, -0.15) is 13.2 Å². The molecule has 0 aliphatic heterocycles. The standard InChI is InChI=1S/C13H18F3N2O8P/c1-24-2-3-25-4-5-26-12-7-10(17-8-27(21,22)23)11(18(19)20)6-9(12)13(14,15)16/h6-7,17H,2-5,8H2,1H3,(H2,21,22,23). The van der Waals surface area contributed by atoms with Crippen LogP contribution in [0.15, 0.2) is 12.1 Å². The van der Waals surface area contributed by atoms with Crippen molar-refractivity contribution in [1.82, 2.24) is 0 Å². The number of nitro benzene ring substituents is 1. The topological polar surface area (TPSA) is 140 Å². The first-order chi connectivity index (χ1) is 12.5. The van der Waals surface area contributed by atoms with Crippen molar-refractivity contribution in [2.75, 3.05) is 45.1 Å². The largest absolute Gasteiger partial charge is 0.490 e. The Labute approximate surface area is 151 Å². The molecule has 0 radical (unpaired) electrons. The van der Waals surface area contributed by atoms with Crippen LogP contribution in [0.1, 0.15) is 5.56 Å². The van der Waals surface area contributed by atoms with Gasteiger partial charge in [0.25, 0.3) is 5.69 Å². The van der Waals surface area contributed by atoms with Gasteiger partial charge in [-0.15, -0.1) is 0 Å². The summed E-state index contributed by atoms with van der Waals surface area (Å²) in [6, 6.07) is 0.912. The van der Waals surface area contributed by atoms with Crippen molar-refractivity contribution in [2.24, 2.45) is 0 Å². The molecule has 0 saturated carbocycles. The summed E-state index contributed by atoms with van der Waals surface area (Å²) in [5.41, 5.74) is -2.92. The maximum absolute atomic E-state index is 13.2. The molecule has 0 fully saturated rings. The third-order valence-corrected chi connectivity index (χ3v) is 3.56. The van der Waals surface area contributed by atoms with E-state index in [1.54, 1.807) is 0 Å². The number of halogens is 3. The average Bonchev–Trinajstić information content (AvgIpc) is 2.54. The summed E-state index contributed by atoms with van der Waals surface area (Å²) in [6.45, 7) is 0.120. The molecule has 0 bridgehead atoms. The molecule has 0 aromatic heterocycles. The Morgan fingerprint density at radius 1 is 1.22 bits per heavy atom. The number of hydrogen-bond acceptors (Lipinski definition) is 7. The highest BCUT2D eigenvalue weighted by atomic mass is 31.2. The van der Waals surface area contributed by atoms with Crippen molar-refractivity contribution >= 4 is 19.0 Å². The summed E-state index contributed by atoms with van der Waals surface area (Å²) in [6.07, 6.45) is -5.95. The molecule has 0 spiro atoms. The molecular weight excluding hydrogens is 400 g/mol. The summed E-state index contributed by atoms with van der Waals surface area (Å²) >= 11 is 0. The highest BCUT2D eigenvalue weighted by Crippen LogP contribution is 2.43. The molecule has 10 nitrogen and oxygen atoms in total. The van der Waals surface area contributed by atoms with E-state index in [1.165, 1.54) is 7.11 Å². The molecule has 0 heterocycles. The zero-order valence-electron chi connectivity index (χ0n) is 14.1. The number of methoxy groups -OCH3 is 1. The Bertz CT molecular complexity index is 695. The number of benzene rings is 1. The summed E-state index contributed by atoms with van der Waals surface area (Å²) in [5, 5.41) is 13.1. The summed E-state index contributed by atoms with van der Waals surface area (Å²) in [7, 11) is -3.16. The van der Waals surface area contributed by atoms with Crippen LogP contribution >= 0.6 is 7.60 Å². The molecule has 154 valence electrons. The van der Waals surface area contributed by atoms with Crippen LogP contribution in [-0.4, -0.2) is 54.5 Å². The van der Waals surface area contributed by atoms with Crippen LogP contribution in [0.2, 0.25) is 0 Å². The minimum Gasteiger partial charge on any atom is -0.490 e. The number of alkyl halides is 3. The SMILES string of the molecule is COCCOCCOc1cc(NCP(=O)(O)O)c([N+](=O)[O-])cc1C(F)(F)F. The van der Waals surface area contributed by atoms with Crippen LogP contribution in [0.4, 0.5) is 24.5 Å². The van der Waals surface area contributed by atoms with Gasteiger partial charge in [-0.05, 0) is 0 Å². The lowest BCUT2D eigenvalue weighted by atomic mass is 10.1. The number of rotatable bonds is 11. The molecule has 27 heavy (non-hydrogen) atoms. The quantitative estimate of drug-likeness (QED) is 0.213. The lowest BCUT2D eigenvalue weighted by Gasteiger charge is -2.16. The van der Waals surface area contributed by atoms with Gasteiger partial charge in [0, 0.05) is 19.2 Å². The number of nitro groups is 1. The third kappa shape index (κ3) is 8.10. The van der Waals surface area contributed by atoms with E-state index in [0.29, 0.717) is 6.07 Å². The fourth-order valence-corrected chi connectivity index (χ4v) is 2.22. The van der Waals surface area contributed by atoms with Gasteiger partial charge in [0.1, 0.15) is 29.9 Å². The zero-order valence-corrected chi connectivity index (χ0v) is 15.0. The average molecular weight is 418 g/mol. The highest BCUT2D eigenvalue weighted by molar-refractivity contribution is 7.51. The van der Waals surface area contributed by atoms with E-state index >= 15 is 0 Å². The molecule has 0 aliphatic rings. The van der Waals surface area contributed by atoms with E-state index in [9.17, 15) is 27.9 Å².